The van der Waals surface area contributed by atoms with Crippen molar-refractivity contribution in [1.29, 1.82) is 0 Å². The maximum atomic E-state index is 6.45. The molecule has 0 radical (unpaired) electrons. The van der Waals surface area contributed by atoms with Crippen molar-refractivity contribution in [3.63, 3.8) is 0 Å². The summed E-state index contributed by atoms with van der Waals surface area (Å²) in [6, 6.07) is 72.5. The van der Waals surface area contributed by atoms with Crippen LogP contribution >= 0.6 is 0 Å². The molecule has 0 atom stereocenters. The first-order valence-electron chi connectivity index (χ1n) is 20.8. The smallest absolute Gasteiger partial charge is 0.143 e. The van der Waals surface area contributed by atoms with Gasteiger partial charge in [0.1, 0.15) is 11.2 Å². The van der Waals surface area contributed by atoms with E-state index in [0.29, 0.717) is 0 Å². The Bertz CT molecular complexity index is 3480. The quantitative estimate of drug-likeness (QED) is 0.183. The highest BCUT2D eigenvalue weighted by Gasteiger charge is 2.36. The summed E-state index contributed by atoms with van der Waals surface area (Å²) in [5, 5.41) is 8.43. The SMILES string of the molecule is CC1(C)c2ccccc2-c2cc3c(cc21)c1cc(-c2cccc(-c4ccccc4Nc4ccccc4)c2)ccc1n3-c1ccc(-c2cccc3c2oc2ccccc23)cc1. The van der Waals surface area contributed by atoms with Gasteiger partial charge in [0.05, 0.1) is 11.0 Å². The molecule has 0 bridgehead atoms. The van der Waals surface area contributed by atoms with Gasteiger partial charge in [0.25, 0.3) is 0 Å². The van der Waals surface area contributed by atoms with Gasteiger partial charge in [-0.15, -0.1) is 0 Å². The van der Waals surface area contributed by atoms with E-state index >= 15 is 0 Å². The molecular formula is C57H40N2O. The summed E-state index contributed by atoms with van der Waals surface area (Å²) >= 11 is 0. The van der Waals surface area contributed by atoms with Crippen molar-refractivity contribution in [2.24, 2.45) is 0 Å². The van der Waals surface area contributed by atoms with Gasteiger partial charge in [-0.25, -0.2) is 0 Å². The molecule has 3 heteroatoms. The van der Waals surface area contributed by atoms with Crippen LogP contribution in [0.25, 0.3) is 93.9 Å². The van der Waals surface area contributed by atoms with Crippen molar-refractivity contribution >= 4 is 55.1 Å². The number of furan rings is 1. The Hall–Kier alpha value is -7.62. The average molecular weight is 769 g/mol. The van der Waals surface area contributed by atoms with Crippen LogP contribution < -0.4 is 5.32 Å². The first-order chi connectivity index (χ1) is 29.5. The van der Waals surface area contributed by atoms with Gasteiger partial charge in [-0.3, -0.25) is 0 Å². The zero-order valence-corrected chi connectivity index (χ0v) is 33.4. The molecule has 0 unspecified atom stereocenters. The molecule has 1 aliphatic rings. The number of hydrogen-bond acceptors (Lipinski definition) is 2. The molecule has 0 amide bonds. The summed E-state index contributed by atoms with van der Waals surface area (Å²) in [4.78, 5) is 0. The summed E-state index contributed by atoms with van der Waals surface area (Å²) in [6.07, 6.45) is 0. The largest absolute Gasteiger partial charge is 0.455 e. The van der Waals surface area contributed by atoms with Crippen LogP contribution in [0.15, 0.2) is 205 Å². The standard InChI is InChI=1S/C57H40N2O/c1-57(2)50-23-9-6-19-44(50)47-35-54-49(34-51(47)57)48-33-38(37-14-12-15-39(32-37)42-18-7-10-24-52(42)58-40-16-4-3-5-17-40)28-31-53(48)59(54)41-29-26-36(27-30-41)43-21-13-22-46-45-20-8-11-25-55(45)60-56(43)46/h3-35,58H,1-2H3. The molecule has 1 aliphatic carbocycles. The van der Waals surface area contributed by atoms with E-state index in [-0.39, 0.29) is 5.41 Å². The first-order valence-corrected chi connectivity index (χ1v) is 20.8. The Balaban J connectivity index is 1.01. The molecule has 0 fully saturated rings. The zero-order chi connectivity index (χ0) is 40.0. The van der Waals surface area contributed by atoms with Gasteiger partial charge in [0, 0.05) is 55.1 Å². The van der Waals surface area contributed by atoms with E-state index in [4.69, 9.17) is 4.42 Å². The molecule has 9 aromatic carbocycles. The molecule has 60 heavy (non-hydrogen) atoms. The topological polar surface area (TPSA) is 30.1 Å². The molecule has 2 aromatic heterocycles. The van der Waals surface area contributed by atoms with E-state index in [1.165, 1.54) is 66.3 Å². The molecule has 0 saturated heterocycles. The number of rotatable bonds is 6. The molecule has 0 saturated carbocycles. The van der Waals surface area contributed by atoms with Crippen LogP contribution in [0, 0.1) is 0 Å². The molecule has 0 spiro atoms. The van der Waals surface area contributed by atoms with Crippen LogP contribution in [0.5, 0.6) is 0 Å². The fraction of sp³-hybridized carbons (Fsp3) is 0.0526. The minimum absolute atomic E-state index is 0.110. The maximum Gasteiger partial charge on any atom is 0.143 e. The number of benzene rings is 9. The molecule has 0 aliphatic heterocycles. The molecule has 284 valence electrons. The van der Waals surface area contributed by atoms with Crippen LogP contribution in [0.4, 0.5) is 11.4 Å². The molecule has 1 N–H and O–H groups in total. The van der Waals surface area contributed by atoms with Crippen molar-refractivity contribution in [2.45, 2.75) is 19.3 Å². The van der Waals surface area contributed by atoms with E-state index in [1.807, 2.05) is 18.2 Å². The lowest BCUT2D eigenvalue weighted by Gasteiger charge is -2.21. The highest BCUT2D eigenvalue weighted by Crippen LogP contribution is 2.51. The lowest BCUT2D eigenvalue weighted by molar-refractivity contribution is 0.661. The van der Waals surface area contributed by atoms with Crippen LogP contribution in [0.1, 0.15) is 25.0 Å². The summed E-state index contributed by atoms with van der Waals surface area (Å²) < 4.78 is 8.90. The highest BCUT2D eigenvalue weighted by molar-refractivity contribution is 6.13. The lowest BCUT2D eigenvalue weighted by Crippen LogP contribution is -2.14. The van der Waals surface area contributed by atoms with E-state index in [1.54, 1.807) is 0 Å². The Labute approximate surface area is 348 Å². The van der Waals surface area contributed by atoms with Crippen LogP contribution in [-0.4, -0.2) is 4.57 Å². The highest BCUT2D eigenvalue weighted by atomic mass is 16.3. The molecule has 11 aromatic rings. The Kier molecular flexibility index (Phi) is 7.58. The van der Waals surface area contributed by atoms with Gasteiger partial charge >= 0.3 is 0 Å². The Morgan fingerprint density at radius 1 is 0.417 bits per heavy atom. The Morgan fingerprint density at radius 2 is 1.08 bits per heavy atom. The number of para-hydroxylation sites is 4. The molecular weight excluding hydrogens is 729 g/mol. The van der Waals surface area contributed by atoms with E-state index in [0.717, 1.165) is 50.1 Å². The fourth-order valence-corrected chi connectivity index (χ4v) is 9.82. The van der Waals surface area contributed by atoms with Crippen molar-refractivity contribution in [1.82, 2.24) is 4.57 Å². The first kappa shape index (κ1) is 34.4. The summed E-state index contributed by atoms with van der Waals surface area (Å²) in [6.45, 7) is 4.73. The van der Waals surface area contributed by atoms with E-state index in [2.05, 4.69) is 206 Å². The van der Waals surface area contributed by atoms with Crippen molar-refractivity contribution in [3.8, 4) is 50.2 Å². The van der Waals surface area contributed by atoms with E-state index < -0.39 is 0 Å². The van der Waals surface area contributed by atoms with Gasteiger partial charge in [-0.2, -0.15) is 0 Å². The second-order valence-electron chi connectivity index (χ2n) is 16.6. The third-order valence-electron chi connectivity index (χ3n) is 12.8. The van der Waals surface area contributed by atoms with Crippen molar-refractivity contribution in [2.75, 3.05) is 5.32 Å². The monoisotopic (exact) mass is 768 g/mol. The molecule has 2 heterocycles. The van der Waals surface area contributed by atoms with Gasteiger partial charge in [0.2, 0.25) is 0 Å². The number of fused-ring (bicyclic) bond motifs is 9. The number of anilines is 2. The number of nitrogens with one attached hydrogen (secondary N) is 1. The minimum Gasteiger partial charge on any atom is -0.455 e. The Morgan fingerprint density at radius 3 is 1.97 bits per heavy atom. The van der Waals surface area contributed by atoms with Crippen LogP contribution in [-0.2, 0) is 5.41 Å². The van der Waals surface area contributed by atoms with Gasteiger partial charge in [-0.05, 0) is 111 Å². The zero-order valence-electron chi connectivity index (χ0n) is 33.4. The normalized spacial score (nSPS) is 13.0. The van der Waals surface area contributed by atoms with Crippen LogP contribution in [0.2, 0.25) is 0 Å². The molecule has 12 rings (SSSR count). The molecule has 3 nitrogen and oxygen atoms in total. The van der Waals surface area contributed by atoms with Gasteiger partial charge in [-0.1, -0.05) is 147 Å². The summed E-state index contributed by atoms with van der Waals surface area (Å²) in [7, 11) is 0. The van der Waals surface area contributed by atoms with Crippen molar-refractivity contribution < 1.29 is 4.42 Å². The number of nitrogens with zero attached hydrogens (tertiary/aromatic N) is 1. The second kappa shape index (κ2) is 13.2. The number of hydrogen-bond donors (Lipinski definition) is 1. The fourth-order valence-electron chi connectivity index (χ4n) is 9.82. The van der Waals surface area contributed by atoms with Gasteiger partial charge < -0.3 is 14.3 Å². The summed E-state index contributed by atoms with van der Waals surface area (Å²) in [5.41, 5.74) is 19.7. The summed E-state index contributed by atoms with van der Waals surface area (Å²) in [5.74, 6) is 0. The second-order valence-corrected chi connectivity index (χ2v) is 16.6. The van der Waals surface area contributed by atoms with Crippen molar-refractivity contribution in [3.05, 3.63) is 211 Å². The predicted molar refractivity (Wildman–Crippen MR) is 252 cm³/mol. The van der Waals surface area contributed by atoms with E-state index in [9.17, 15) is 0 Å². The maximum absolute atomic E-state index is 6.45. The van der Waals surface area contributed by atoms with Crippen LogP contribution in [0.3, 0.4) is 0 Å². The number of aromatic nitrogens is 1. The van der Waals surface area contributed by atoms with Gasteiger partial charge in [0.15, 0.2) is 0 Å². The third-order valence-corrected chi connectivity index (χ3v) is 12.8. The third kappa shape index (κ3) is 5.29. The lowest BCUT2D eigenvalue weighted by atomic mass is 9.82. The predicted octanol–water partition coefficient (Wildman–Crippen LogP) is 15.7. The minimum atomic E-state index is -0.110. The average Bonchev–Trinajstić information content (AvgIpc) is 3.91.